The van der Waals surface area contributed by atoms with Gasteiger partial charge in [0.05, 0.1) is 5.69 Å². The summed E-state index contributed by atoms with van der Waals surface area (Å²) in [6, 6.07) is 21.0. The van der Waals surface area contributed by atoms with Crippen LogP contribution in [0.25, 0.3) is 22.0 Å². The minimum atomic E-state index is 1.04. The fraction of sp³-hybridized carbons (Fsp3) is 0.0833. The molecule has 3 nitrogen and oxygen atoms in total. The van der Waals surface area contributed by atoms with Crippen LogP contribution >= 0.6 is 0 Å². The molecule has 0 unspecified atom stereocenters. The number of para-hydroxylation sites is 2. The first-order valence-electron chi connectivity index (χ1n) is 9.11. The van der Waals surface area contributed by atoms with Gasteiger partial charge in [0, 0.05) is 57.0 Å². The Bertz CT molecular complexity index is 1230. The Balaban J connectivity index is 1.93. The maximum atomic E-state index is 4.83. The zero-order valence-corrected chi connectivity index (χ0v) is 15.3. The molecule has 5 rings (SSSR count). The summed E-state index contributed by atoms with van der Waals surface area (Å²) in [7, 11) is 0. The second-order valence-corrected chi connectivity index (χ2v) is 6.87. The maximum absolute atomic E-state index is 4.83. The van der Waals surface area contributed by atoms with Gasteiger partial charge in [0.15, 0.2) is 0 Å². The maximum Gasteiger partial charge on any atom is 0.0712 e. The predicted molar refractivity (Wildman–Crippen MR) is 112 cm³/mol. The lowest BCUT2D eigenvalue weighted by Crippen LogP contribution is -2.00. The fourth-order valence-electron chi connectivity index (χ4n) is 4.06. The number of H-pyrrole nitrogens is 1. The Kier molecular flexibility index (Phi) is 3.54. The largest absolute Gasteiger partial charge is 0.358 e. The number of nitrogens with one attached hydrogen (secondary N) is 1. The Morgan fingerprint density at radius 1 is 0.852 bits per heavy atom. The molecule has 1 aliphatic rings. The molecule has 1 aliphatic heterocycles. The van der Waals surface area contributed by atoms with Crippen molar-refractivity contribution in [3.63, 3.8) is 0 Å². The lowest BCUT2D eigenvalue weighted by molar-refractivity contribution is 1.28. The molecule has 2 aromatic heterocycles. The molecule has 2 aromatic carbocycles. The molecule has 0 radical (unpaired) electrons. The number of rotatable bonds is 2. The Morgan fingerprint density at radius 3 is 2.44 bits per heavy atom. The number of aromatic nitrogens is 2. The minimum Gasteiger partial charge on any atom is -0.358 e. The van der Waals surface area contributed by atoms with E-state index in [2.05, 4.69) is 78.4 Å². The monoisotopic (exact) mass is 349 g/mol. The van der Waals surface area contributed by atoms with Gasteiger partial charge in [0.1, 0.15) is 0 Å². The fourth-order valence-corrected chi connectivity index (χ4v) is 4.06. The van der Waals surface area contributed by atoms with Crippen LogP contribution in [0.1, 0.15) is 29.3 Å². The number of fused-ring (bicyclic) bond motifs is 2. The number of hydrogen-bond acceptors (Lipinski definition) is 2. The van der Waals surface area contributed by atoms with Crippen LogP contribution in [0.2, 0.25) is 0 Å². The van der Waals surface area contributed by atoms with Gasteiger partial charge in [-0.1, -0.05) is 36.4 Å². The SMILES string of the molecule is CC1=Nc2ccccc2/C1=C(\c1ccncc1)c1c(C)[nH]c2ccccc12. The van der Waals surface area contributed by atoms with Crippen molar-refractivity contribution >= 4 is 33.4 Å². The topological polar surface area (TPSA) is 41.0 Å². The number of aliphatic imine (C=N–C) groups is 1. The van der Waals surface area contributed by atoms with Gasteiger partial charge in [0.25, 0.3) is 0 Å². The van der Waals surface area contributed by atoms with E-state index in [0.717, 1.165) is 28.2 Å². The van der Waals surface area contributed by atoms with Crippen molar-refractivity contribution in [2.75, 3.05) is 0 Å². The molecule has 4 aromatic rings. The molecule has 0 fully saturated rings. The quantitative estimate of drug-likeness (QED) is 0.478. The van der Waals surface area contributed by atoms with Crippen LogP contribution < -0.4 is 0 Å². The van der Waals surface area contributed by atoms with Gasteiger partial charge < -0.3 is 4.98 Å². The van der Waals surface area contributed by atoms with Crippen molar-refractivity contribution in [3.8, 4) is 0 Å². The van der Waals surface area contributed by atoms with E-state index in [4.69, 9.17) is 4.99 Å². The number of aromatic amines is 1. The summed E-state index contributed by atoms with van der Waals surface area (Å²) in [5.74, 6) is 0. The third kappa shape index (κ3) is 2.43. The van der Waals surface area contributed by atoms with Gasteiger partial charge >= 0.3 is 0 Å². The van der Waals surface area contributed by atoms with E-state index in [1.165, 1.54) is 27.7 Å². The van der Waals surface area contributed by atoms with E-state index in [9.17, 15) is 0 Å². The smallest absolute Gasteiger partial charge is 0.0712 e. The zero-order chi connectivity index (χ0) is 18.4. The van der Waals surface area contributed by atoms with Gasteiger partial charge in [-0.15, -0.1) is 0 Å². The van der Waals surface area contributed by atoms with Gasteiger partial charge in [-0.3, -0.25) is 9.98 Å². The predicted octanol–water partition coefficient (Wildman–Crippen LogP) is 5.94. The summed E-state index contributed by atoms with van der Waals surface area (Å²) >= 11 is 0. The van der Waals surface area contributed by atoms with Crippen molar-refractivity contribution in [2.24, 2.45) is 4.99 Å². The summed E-state index contributed by atoms with van der Waals surface area (Å²) in [5, 5.41) is 1.23. The third-order valence-electron chi connectivity index (χ3n) is 5.19. The second kappa shape index (κ2) is 6.06. The highest BCUT2D eigenvalue weighted by molar-refractivity contribution is 6.36. The highest BCUT2D eigenvalue weighted by Gasteiger charge is 2.25. The molecule has 3 heteroatoms. The Morgan fingerprint density at radius 2 is 1.59 bits per heavy atom. The van der Waals surface area contributed by atoms with E-state index in [0.29, 0.717) is 0 Å². The highest BCUT2D eigenvalue weighted by Crippen LogP contribution is 2.44. The molecule has 0 saturated heterocycles. The molecule has 3 heterocycles. The normalized spacial score (nSPS) is 15.0. The number of allylic oxidation sites excluding steroid dienone is 1. The minimum absolute atomic E-state index is 1.04. The first-order chi connectivity index (χ1) is 13.2. The van der Waals surface area contributed by atoms with Crippen LogP contribution in [0.3, 0.4) is 0 Å². The van der Waals surface area contributed by atoms with Gasteiger partial charge in [0.2, 0.25) is 0 Å². The second-order valence-electron chi connectivity index (χ2n) is 6.87. The number of benzene rings is 2. The third-order valence-corrected chi connectivity index (χ3v) is 5.19. The molecule has 0 atom stereocenters. The number of aryl methyl sites for hydroxylation is 1. The molecular formula is C24H19N3. The van der Waals surface area contributed by atoms with Crippen LogP contribution in [0.15, 0.2) is 78.0 Å². The van der Waals surface area contributed by atoms with Gasteiger partial charge in [-0.05, 0) is 43.7 Å². The molecule has 0 saturated carbocycles. The van der Waals surface area contributed by atoms with Gasteiger partial charge in [-0.2, -0.15) is 0 Å². The molecular weight excluding hydrogens is 330 g/mol. The summed E-state index contributed by atoms with van der Waals surface area (Å²) in [6.45, 7) is 4.24. The first kappa shape index (κ1) is 15.8. The average molecular weight is 349 g/mol. The van der Waals surface area contributed by atoms with Crippen LogP contribution in [-0.4, -0.2) is 15.7 Å². The number of pyridine rings is 1. The number of hydrogen-bond donors (Lipinski definition) is 1. The molecule has 130 valence electrons. The highest BCUT2D eigenvalue weighted by atomic mass is 14.8. The Hall–Kier alpha value is -3.46. The average Bonchev–Trinajstić information content (AvgIpc) is 3.20. The van der Waals surface area contributed by atoms with E-state index >= 15 is 0 Å². The lowest BCUT2D eigenvalue weighted by atomic mass is 9.87. The number of nitrogens with zero attached hydrogens (tertiary/aromatic N) is 2. The van der Waals surface area contributed by atoms with Crippen molar-refractivity contribution in [1.82, 2.24) is 9.97 Å². The summed E-state index contributed by atoms with van der Waals surface area (Å²) in [5.41, 5.74) is 10.4. The van der Waals surface area contributed by atoms with Crippen LogP contribution in [0.4, 0.5) is 5.69 Å². The summed E-state index contributed by atoms with van der Waals surface area (Å²) in [6.07, 6.45) is 3.71. The lowest BCUT2D eigenvalue weighted by Gasteiger charge is -2.15. The molecule has 0 aliphatic carbocycles. The van der Waals surface area contributed by atoms with Crippen molar-refractivity contribution in [2.45, 2.75) is 13.8 Å². The standard InChI is InChI=1S/C24H19N3/c1-15-22(18-7-3-5-9-20(18)26-15)24(17-11-13-25-14-12-17)23-16(2)27-21-10-6-4-8-19(21)23/h3-14,26H,1-2H3/b24-23+. The van der Waals surface area contributed by atoms with Crippen molar-refractivity contribution < 1.29 is 0 Å². The molecule has 0 amide bonds. The van der Waals surface area contributed by atoms with Crippen molar-refractivity contribution in [3.05, 3.63) is 95.4 Å². The van der Waals surface area contributed by atoms with Gasteiger partial charge in [-0.25, -0.2) is 0 Å². The van der Waals surface area contributed by atoms with Crippen LogP contribution in [0, 0.1) is 6.92 Å². The van der Waals surface area contributed by atoms with E-state index in [1.807, 2.05) is 18.5 Å². The Labute approximate surface area is 158 Å². The van der Waals surface area contributed by atoms with E-state index in [1.54, 1.807) is 0 Å². The zero-order valence-electron chi connectivity index (χ0n) is 15.3. The summed E-state index contributed by atoms with van der Waals surface area (Å²) in [4.78, 5) is 12.6. The van der Waals surface area contributed by atoms with Crippen LogP contribution in [-0.2, 0) is 0 Å². The van der Waals surface area contributed by atoms with E-state index < -0.39 is 0 Å². The molecule has 27 heavy (non-hydrogen) atoms. The summed E-state index contributed by atoms with van der Waals surface area (Å²) < 4.78 is 0. The molecule has 0 spiro atoms. The van der Waals surface area contributed by atoms with Crippen LogP contribution in [0.5, 0.6) is 0 Å². The van der Waals surface area contributed by atoms with E-state index in [-0.39, 0.29) is 0 Å². The molecule has 0 bridgehead atoms. The van der Waals surface area contributed by atoms with Crippen molar-refractivity contribution in [1.29, 1.82) is 0 Å². The first-order valence-corrected chi connectivity index (χ1v) is 9.11. The molecule has 1 N–H and O–H groups in total.